The maximum atomic E-state index is 12.1. The van der Waals surface area contributed by atoms with E-state index < -0.39 is 0 Å². The summed E-state index contributed by atoms with van der Waals surface area (Å²) >= 11 is 0. The minimum Gasteiger partial charge on any atom is -0.335 e. The zero-order valence-electron chi connectivity index (χ0n) is 13.7. The molecular weight excluding hydrogens is 294 g/mol. The first kappa shape index (κ1) is 17.0. The van der Waals surface area contributed by atoms with Gasteiger partial charge in [0.2, 0.25) is 17.7 Å². The van der Waals surface area contributed by atoms with E-state index in [2.05, 4.69) is 5.32 Å². The monoisotopic (exact) mass is 317 g/mol. The largest absolute Gasteiger partial charge is 0.335 e. The summed E-state index contributed by atoms with van der Waals surface area (Å²) in [5.41, 5.74) is 1.81. The Balaban J connectivity index is 1.81. The maximum absolute atomic E-state index is 12.1. The fourth-order valence-corrected chi connectivity index (χ4v) is 2.45. The molecule has 1 aromatic rings. The molecule has 6 heteroatoms. The van der Waals surface area contributed by atoms with Crippen LogP contribution >= 0.6 is 0 Å². The summed E-state index contributed by atoms with van der Waals surface area (Å²) in [5, 5.41) is 2.75. The molecule has 0 aromatic heterocycles. The van der Waals surface area contributed by atoms with Gasteiger partial charge in [0.15, 0.2) is 0 Å². The summed E-state index contributed by atoms with van der Waals surface area (Å²) in [7, 11) is 1.57. The van der Waals surface area contributed by atoms with E-state index >= 15 is 0 Å². The van der Waals surface area contributed by atoms with Crippen molar-refractivity contribution >= 4 is 23.4 Å². The van der Waals surface area contributed by atoms with Gasteiger partial charge in [-0.2, -0.15) is 0 Å². The second-order valence-electron chi connectivity index (χ2n) is 5.94. The molecule has 1 heterocycles. The van der Waals surface area contributed by atoms with Gasteiger partial charge in [-0.05, 0) is 31.9 Å². The lowest BCUT2D eigenvalue weighted by Crippen LogP contribution is -2.45. The van der Waals surface area contributed by atoms with Gasteiger partial charge in [0.25, 0.3) is 0 Å². The van der Waals surface area contributed by atoms with Crippen LogP contribution in [0.25, 0.3) is 0 Å². The van der Waals surface area contributed by atoms with Crippen molar-refractivity contribution in [2.75, 3.05) is 32.0 Å². The molecule has 0 bridgehead atoms. The van der Waals surface area contributed by atoms with Crippen molar-refractivity contribution in [1.29, 1.82) is 0 Å². The van der Waals surface area contributed by atoms with Crippen molar-refractivity contribution in [2.24, 2.45) is 0 Å². The van der Waals surface area contributed by atoms with Gasteiger partial charge in [0, 0.05) is 25.7 Å². The van der Waals surface area contributed by atoms with E-state index in [1.54, 1.807) is 11.9 Å². The van der Waals surface area contributed by atoms with Crippen LogP contribution in [-0.4, -0.2) is 54.2 Å². The van der Waals surface area contributed by atoms with Crippen LogP contribution in [0.2, 0.25) is 0 Å². The lowest BCUT2D eigenvalue weighted by Gasteiger charge is -2.28. The van der Waals surface area contributed by atoms with Crippen LogP contribution in [-0.2, 0) is 14.4 Å². The van der Waals surface area contributed by atoms with Crippen molar-refractivity contribution in [3.63, 3.8) is 0 Å². The minimum absolute atomic E-state index is 0.0158. The molecule has 1 N–H and O–H groups in total. The van der Waals surface area contributed by atoms with Gasteiger partial charge < -0.3 is 15.1 Å². The van der Waals surface area contributed by atoms with E-state index in [0.717, 1.165) is 18.4 Å². The average Bonchev–Trinajstić information content (AvgIpc) is 2.51. The number of carbonyl (C=O) groups is 3. The highest BCUT2D eigenvalue weighted by molar-refractivity contribution is 5.95. The first-order valence-corrected chi connectivity index (χ1v) is 7.84. The van der Waals surface area contributed by atoms with Crippen LogP contribution in [0, 0.1) is 6.92 Å². The topological polar surface area (TPSA) is 69.7 Å². The Hall–Kier alpha value is -2.37. The second kappa shape index (κ2) is 7.76. The highest BCUT2D eigenvalue weighted by atomic mass is 16.2. The predicted molar refractivity (Wildman–Crippen MR) is 87.9 cm³/mol. The van der Waals surface area contributed by atoms with Crippen LogP contribution in [0.15, 0.2) is 24.3 Å². The molecule has 0 radical (unpaired) electrons. The molecule has 0 saturated carbocycles. The Morgan fingerprint density at radius 1 is 1.22 bits per heavy atom. The normalized spacial score (nSPS) is 14.5. The number of hydrogen-bond donors (Lipinski definition) is 1. The number of aryl methyl sites for hydroxylation is 1. The molecule has 0 spiro atoms. The zero-order valence-corrected chi connectivity index (χ0v) is 13.7. The molecule has 1 fully saturated rings. The fraction of sp³-hybridized carbons (Fsp3) is 0.471. The van der Waals surface area contributed by atoms with Crippen molar-refractivity contribution in [1.82, 2.24) is 9.80 Å². The number of carbonyl (C=O) groups excluding carboxylic acids is 3. The summed E-state index contributed by atoms with van der Waals surface area (Å²) in [6.45, 7) is 2.61. The molecule has 1 aliphatic heterocycles. The third-order valence-corrected chi connectivity index (χ3v) is 3.89. The number of piperidine rings is 1. The van der Waals surface area contributed by atoms with Gasteiger partial charge >= 0.3 is 0 Å². The summed E-state index contributed by atoms with van der Waals surface area (Å²) in [5.74, 6) is -0.462. The van der Waals surface area contributed by atoms with Crippen LogP contribution in [0.3, 0.4) is 0 Å². The molecule has 6 nitrogen and oxygen atoms in total. The molecule has 0 unspecified atom stereocenters. The van der Waals surface area contributed by atoms with Crippen LogP contribution in [0.4, 0.5) is 5.69 Å². The van der Waals surface area contributed by atoms with Crippen LogP contribution < -0.4 is 5.32 Å². The summed E-state index contributed by atoms with van der Waals surface area (Å²) in [6.07, 6.45) is 2.32. The van der Waals surface area contributed by atoms with Crippen molar-refractivity contribution in [3.8, 4) is 0 Å². The molecule has 124 valence electrons. The highest BCUT2D eigenvalue weighted by Crippen LogP contribution is 2.11. The zero-order chi connectivity index (χ0) is 16.8. The third kappa shape index (κ3) is 5.09. The number of benzene rings is 1. The fourth-order valence-electron chi connectivity index (χ4n) is 2.45. The van der Waals surface area contributed by atoms with E-state index in [0.29, 0.717) is 18.7 Å². The molecular formula is C17H23N3O3. The Labute approximate surface area is 136 Å². The number of nitrogens with zero attached hydrogens (tertiary/aromatic N) is 2. The SMILES string of the molecule is Cc1ccc(NC(=O)CN(C)C(=O)CN2CCCCC2=O)cc1. The first-order chi connectivity index (χ1) is 11.0. The number of nitrogens with one attached hydrogen (secondary N) is 1. The number of rotatable bonds is 5. The Bertz CT molecular complexity index is 583. The highest BCUT2D eigenvalue weighted by Gasteiger charge is 2.22. The molecule has 23 heavy (non-hydrogen) atoms. The van der Waals surface area contributed by atoms with E-state index in [1.807, 2.05) is 31.2 Å². The first-order valence-electron chi connectivity index (χ1n) is 7.84. The molecule has 0 atom stereocenters. The van der Waals surface area contributed by atoms with Gasteiger partial charge in [-0.3, -0.25) is 14.4 Å². The summed E-state index contributed by atoms with van der Waals surface area (Å²) < 4.78 is 0. The van der Waals surface area contributed by atoms with Crippen molar-refractivity contribution in [2.45, 2.75) is 26.2 Å². The van der Waals surface area contributed by atoms with Crippen molar-refractivity contribution in [3.05, 3.63) is 29.8 Å². The van der Waals surface area contributed by atoms with Gasteiger partial charge in [-0.25, -0.2) is 0 Å². The van der Waals surface area contributed by atoms with E-state index in [9.17, 15) is 14.4 Å². The van der Waals surface area contributed by atoms with Gasteiger partial charge in [0.1, 0.15) is 0 Å². The Morgan fingerprint density at radius 2 is 1.91 bits per heavy atom. The number of likely N-dealkylation sites (N-methyl/N-ethyl adjacent to an activating group) is 1. The second-order valence-corrected chi connectivity index (χ2v) is 5.94. The quantitative estimate of drug-likeness (QED) is 0.892. The van der Waals surface area contributed by atoms with Gasteiger partial charge in [-0.1, -0.05) is 17.7 Å². The standard InChI is InChI=1S/C17H23N3O3/c1-13-6-8-14(9-7-13)18-15(21)11-19(2)17(23)12-20-10-4-3-5-16(20)22/h6-9H,3-5,10-12H2,1-2H3,(H,18,21). The Morgan fingerprint density at radius 3 is 2.57 bits per heavy atom. The van der Waals surface area contributed by atoms with E-state index in [4.69, 9.17) is 0 Å². The van der Waals surface area contributed by atoms with Gasteiger partial charge in [0.05, 0.1) is 13.1 Å². The number of amides is 3. The molecule has 0 aliphatic carbocycles. The smallest absolute Gasteiger partial charge is 0.243 e. The average molecular weight is 317 g/mol. The minimum atomic E-state index is -0.255. The number of likely N-dealkylation sites (tertiary alicyclic amines) is 1. The lowest BCUT2D eigenvalue weighted by atomic mass is 10.1. The maximum Gasteiger partial charge on any atom is 0.243 e. The Kier molecular flexibility index (Phi) is 5.73. The van der Waals surface area contributed by atoms with Gasteiger partial charge in [-0.15, -0.1) is 0 Å². The molecule has 3 amide bonds. The summed E-state index contributed by atoms with van der Waals surface area (Å²) in [4.78, 5) is 38.8. The predicted octanol–water partition coefficient (Wildman–Crippen LogP) is 1.40. The van der Waals surface area contributed by atoms with E-state index in [-0.39, 0.29) is 30.8 Å². The molecule has 1 saturated heterocycles. The number of anilines is 1. The van der Waals surface area contributed by atoms with E-state index in [1.165, 1.54) is 4.90 Å². The van der Waals surface area contributed by atoms with Crippen LogP contribution in [0.5, 0.6) is 0 Å². The molecule has 2 rings (SSSR count). The third-order valence-electron chi connectivity index (χ3n) is 3.89. The van der Waals surface area contributed by atoms with Crippen molar-refractivity contribution < 1.29 is 14.4 Å². The number of hydrogen-bond acceptors (Lipinski definition) is 3. The molecule has 1 aliphatic rings. The lowest BCUT2D eigenvalue weighted by molar-refractivity contribution is -0.142. The summed E-state index contributed by atoms with van der Waals surface area (Å²) in [6, 6.07) is 7.46. The van der Waals surface area contributed by atoms with Crippen LogP contribution in [0.1, 0.15) is 24.8 Å². The molecule has 1 aromatic carbocycles.